The van der Waals surface area contributed by atoms with Crippen LogP contribution in [0.4, 0.5) is 11.4 Å². The number of likely N-dealkylation sites (tertiary alicyclic amines) is 1. The lowest BCUT2D eigenvalue weighted by Gasteiger charge is -2.30. The number of carbonyl (C=O) groups is 1. The van der Waals surface area contributed by atoms with Gasteiger partial charge in [-0.2, -0.15) is 0 Å². The molecule has 0 aliphatic carbocycles. The van der Waals surface area contributed by atoms with E-state index in [1.807, 2.05) is 26.1 Å². The number of nitrogens with one attached hydrogen (secondary N) is 2. The number of aromatic nitrogens is 2. The number of amides is 1. The fourth-order valence-electron chi connectivity index (χ4n) is 3.07. The summed E-state index contributed by atoms with van der Waals surface area (Å²) in [5, 5.41) is 9.76. The molecule has 0 saturated carbocycles. The second-order valence-corrected chi connectivity index (χ2v) is 6.12. The number of rotatable bonds is 5. The van der Waals surface area contributed by atoms with Crippen molar-refractivity contribution in [2.75, 3.05) is 37.3 Å². The topological polar surface area (TPSA) is 83.3 Å². The van der Waals surface area contributed by atoms with Crippen LogP contribution >= 0.6 is 0 Å². The smallest absolute Gasteiger partial charge is 0.238 e. The lowest BCUT2D eigenvalue weighted by molar-refractivity contribution is -0.117. The largest absolute Gasteiger partial charge is 0.387 e. The van der Waals surface area contributed by atoms with Gasteiger partial charge < -0.3 is 15.2 Å². The Kier molecular flexibility index (Phi) is 5.10. The summed E-state index contributed by atoms with van der Waals surface area (Å²) in [5.74, 6) is 1.34. The number of piperidine rings is 1. The molecule has 1 aliphatic rings. The first-order valence-corrected chi connectivity index (χ1v) is 8.23. The summed E-state index contributed by atoms with van der Waals surface area (Å²) in [7, 11) is 1.84. The third-order valence-electron chi connectivity index (χ3n) is 4.45. The Bertz CT molecular complexity index is 678. The van der Waals surface area contributed by atoms with Gasteiger partial charge in [0.25, 0.3) is 0 Å². The first kappa shape index (κ1) is 16.4. The summed E-state index contributed by atoms with van der Waals surface area (Å²) in [5.41, 5.74) is 2.54. The second-order valence-electron chi connectivity index (χ2n) is 6.12. The normalized spacial score (nSPS) is 16.1. The molecule has 2 N–H and O–H groups in total. The van der Waals surface area contributed by atoms with Crippen molar-refractivity contribution in [1.82, 2.24) is 15.0 Å². The highest BCUT2D eigenvalue weighted by molar-refractivity contribution is 5.92. The molecule has 1 saturated heterocycles. The van der Waals surface area contributed by atoms with Crippen LogP contribution in [0.2, 0.25) is 0 Å². The molecule has 128 valence electrons. The highest BCUT2D eigenvalue weighted by Gasteiger charge is 2.24. The monoisotopic (exact) mass is 329 g/mol. The van der Waals surface area contributed by atoms with Crippen molar-refractivity contribution in [3.8, 4) is 0 Å². The van der Waals surface area contributed by atoms with Gasteiger partial charge in [0, 0.05) is 19.0 Å². The number of hydrogen-bond donors (Lipinski definition) is 2. The lowest BCUT2D eigenvalue weighted by atomic mass is 9.94. The molecule has 2 aromatic rings. The maximum absolute atomic E-state index is 12.2. The fraction of sp³-hybridized carbons (Fsp3) is 0.471. The van der Waals surface area contributed by atoms with Crippen molar-refractivity contribution < 1.29 is 9.32 Å². The number of nitrogens with zero attached hydrogens (tertiary/aromatic N) is 3. The van der Waals surface area contributed by atoms with Crippen molar-refractivity contribution in [3.05, 3.63) is 36.0 Å². The van der Waals surface area contributed by atoms with Gasteiger partial charge in [0.15, 0.2) is 0 Å². The predicted molar refractivity (Wildman–Crippen MR) is 92.1 cm³/mol. The van der Waals surface area contributed by atoms with E-state index in [1.165, 1.54) is 0 Å². The first-order chi connectivity index (χ1) is 11.7. The first-order valence-electron chi connectivity index (χ1n) is 8.23. The average molecular weight is 329 g/mol. The summed E-state index contributed by atoms with van der Waals surface area (Å²) in [6, 6.07) is 3.83. The third kappa shape index (κ3) is 3.91. The number of anilines is 2. The van der Waals surface area contributed by atoms with Crippen LogP contribution in [0.15, 0.2) is 29.0 Å². The van der Waals surface area contributed by atoms with Crippen molar-refractivity contribution >= 4 is 17.3 Å². The summed E-state index contributed by atoms with van der Waals surface area (Å²) >= 11 is 0. The van der Waals surface area contributed by atoms with E-state index >= 15 is 0 Å². The van der Waals surface area contributed by atoms with Gasteiger partial charge in [0.2, 0.25) is 5.91 Å². The van der Waals surface area contributed by atoms with Gasteiger partial charge in [-0.05, 0) is 38.9 Å². The molecule has 24 heavy (non-hydrogen) atoms. The molecule has 0 atom stereocenters. The molecule has 1 amide bonds. The number of carbonyl (C=O) groups excluding carboxylic acids is 1. The Morgan fingerprint density at radius 1 is 1.42 bits per heavy atom. The van der Waals surface area contributed by atoms with Gasteiger partial charge in [-0.15, -0.1) is 0 Å². The van der Waals surface area contributed by atoms with Gasteiger partial charge in [0.1, 0.15) is 5.76 Å². The molecule has 7 nitrogen and oxygen atoms in total. The molecular formula is C17H23N5O2. The van der Waals surface area contributed by atoms with Gasteiger partial charge in [-0.1, -0.05) is 5.16 Å². The number of aryl methyl sites for hydroxylation is 1. The number of hydrogen-bond acceptors (Lipinski definition) is 6. The van der Waals surface area contributed by atoms with Crippen LogP contribution in [0.1, 0.15) is 30.2 Å². The Hall–Kier alpha value is -2.41. The zero-order valence-corrected chi connectivity index (χ0v) is 14.1. The van der Waals surface area contributed by atoms with E-state index < -0.39 is 0 Å². The van der Waals surface area contributed by atoms with Crippen LogP contribution in [0, 0.1) is 6.92 Å². The van der Waals surface area contributed by atoms with Crippen LogP contribution < -0.4 is 10.6 Å². The van der Waals surface area contributed by atoms with Crippen LogP contribution in [-0.2, 0) is 4.79 Å². The molecule has 3 rings (SSSR count). The molecular weight excluding hydrogens is 306 g/mol. The highest BCUT2D eigenvalue weighted by atomic mass is 16.5. The Labute approximate surface area is 141 Å². The zero-order chi connectivity index (χ0) is 16.9. The molecule has 0 bridgehead atoms. The van der Waals surface area contributed by atoms with Crippen molar-refractivity contribution in [2.45, 2.75) is 25.7 Å². The molecule has 0 aromatic carbocycles. The van der Waals surface area contributed by atoms with E-state index in [4.69, 9.17) is 4.52 Å². The Morgan fingerprint density at radius 2 is 2.21 bits per heavy atom. The van der Waals surface area contributed by atoms with Gasteiger partial charge >= 0.3 is 0 Å². The Balaban J connectivity index is 1.49. The van der Waals surface area contributed by atoms with E-state index in [0.29, 0.717) is 18.2 Å². The molecule has 0 radical (unpaired) electrons. The minimum Gasteiger partial charge on any atom is -0.387 e. The summed E-state index contributed by atoms with van der Waals surface area (Å²) < 4.78 is 5.24. The molecule has 1 aliphatic heterocycles. The van der Waals surface area contributed by atoms with Crippen molar-refractivity contribution in [2.24, 2.45) is 0 Å². The number of pyridine rings is 1. The average Bonchev–Trinajstić information content (AvgIpc) is 3.12. The predicted octanol–water partition coefficient (Wildman–Crippen LogP) is 2.24. The minimum atomic E-state index is -0.0131. The van der Waals surface area contributed by atoms with E-state index in [9.17, 15) is 4.79 Å². The lowest BCUT2D eigenvalue weighted by Crippen LogP contribution is -2.38. The van der Waals surface area contributed by atoms with E-state index in [0.717, 1.165) is 43.1 Å². The van der Waals surface area contributed by atoms with Gasteiger partial charge in [-0.25, -0.2) is 0 Å². The SMILES string of the molecule is CNc1cc(NC(=O)CN2CCC(c3ccno3)CC2)cnc1C. The maximum atomic E-state index is 12.2. The second kappa shape index (κ2) is 7.44. The summed E-state index contributed by atoms with van der Waals surface area (Å²) in [6.45, 7) is 4.08. The standard InChI is InChI=1S/C17H23N5O2/c1-12-15(18-2)9-14(10-19-12)21-17(23)11-22-7-4-13(5-8-22)16-3-6-20-24-16/h3,6,9-10,13,18H,4-5,7-8,11H2,1-2H3,(H,21,23). The van der Waals surface area contributed by atoms with Crippen molar-refractivity contribution in [3.63, 3.8) is 0 Å². The molecule has 0 spiro atoms. The van der Waals surface area contributed by atoms with Crippen LogP contribution in [0.5, 0.6) is 0 Å². The quantitative estimate of drug-likeness (QED) is 0.875. The van der Waals surface area contributed by atoms with E-state index in [2.05, 4.69) is 25.7 Å². The van der Waals surface area contributed by atoms with E-state index in [1.54, 1.807) is 12.4 Å². The summed E-state index contributed by atoms with van der Waals surface area (Å²) in [6.07, 6.45) is 5.34. The van der Waals surface area contributed by atoms with Gasteiger partial charge in [-0.3, -0.25) is 14.7 Å². The Morgan fingerprint density at radius 3 is 2.88 bits per heavy atom. The van der Waals surface area contributed by atoms with Gasteiger partial charge in [0.05, 0.1) is 36.0 Å². The molecule has 1 fully saturated rings. The van der Waals surface area contributed by atoms with E-state index in [-0.39, 0.29) is 5.91 Å². The van der Waals surface area contributed by atoms with Crippen LogP contribution in [-0.4, -0.2) is 47.6 Å². The zero-order valence-electron chi connectivity index (χ0n) is 14.1. The minimum absolute atomic E-state index is 0.0131. The molecule has 3 heterocycles. The van der Waals surface area contributed by atoms with Crippen LogP contribution in [0.3, 0.4) is 0 Å². The van der Waals surface area contributed by atoms with Crippen molar-refractivity contribution in [1.29, 1.82) is 0 Å². The fourth-order valence-corrected chi connectivity index (χ4v) is 3.07. The third-order valence-corrected chi connectivity index (χ3v) is 4.45. The summed E-state index contributed by atoms with van der Waals surface area (Å²) in [4.78, 5) is 18.7. The van der Waals surface area contributed by atoms with Crippen LogP contribution in [0.25, 0.3) is 0 Å². The maximum Gasteiger partial charge on any atom is 0.238 e. The molecule has 2 aromatic heterocycles. The highest BCUT2D eigenvalue weighted by Crippen LogP contribution is 2.27. The molecule has 0 unspecified atom stereocenters. The molecule has 7 heteroatoms.